The summed E-state index contributed by atoms with van der Waals surface area (Å²) in [6, 6.07) is 11.0. The van der Waals surface area contributed by atoms with Crippen molar-refractivity contribution in [2.75, 3.05) is 25.0 Å². The molecule has 7 nitrogen and oxygen atoms in total. The van der Waals surface area contributed by atoms with Gasteiger partial charge in [-0.2, -0.15) is 0 Å². The van der Waals surface area contributed by atoms with Gasteiger partial charge in [0.05, 0.1) is 6.54 Å². The number of nitrogens with zero attached hydrogens (tertiary/aromatic N) is 2. The van der Waals surface area contributed by atoms with Crippen LogP contribution in [0.3, 0.4) is 0 Å². The van der Waals surface area contributed by atoms with Crippen LogP contribution in [0.1, 0.15) is 18.4 Å². The molecule has 1 fully saturated rings. The minimum Gasteiger partial charge on any atom is -0.406 e. The van der Waals surface area contributed by atoms with Crippen LogP contribution < -0.4 is 15.5 Å². The second kappa shape index (κ2) is 8.75. The van der Waals surface area contributed by atoms with Gasteiger partial charge in [-0.3, -0.25) is 9.69 Å². The molecule has 11 heteroatoms. The molecular weight excluding hydrogens is 432 g/mol. The topological polar surface area (TPSA) is 75.2 Å². The third-order valence-electron chi connectivity index (χ3n) is 5.13. The van der Waals surface area contributed by atoms with Crippen LogP contribution in [0.2, 0.25) is 0 Å². The number of hydrogen-bond acceptors (Lipinski definition) is 6. The average Bonchev–Trinajstić information content (AvgIpc) is 3.13. The molecule has 0 bridgehead atoms. The van der Waals surface area contributed by atoms with E-state index < -0.39 is 17.9 Å². The van der Waals surface area contributed by atoms with Gasteiger partial charge < -0.3 is 10.1 Å². The van der Waals surface area contributed by atoms with Crippen LogP contribution in [0, 0.1) is 5.82 Å². The van der Waals surface area contributed by atoms with E-state index in [1.807, 2.05) is 4.90 Å². The predicted octanol–water partition coefficient (Wildman–Crippen LogP) is 3.44. The van der Waals surface area contributed by atoms with Gasteiger partial charge in [-0.25, -0.2) is 19.7 Å². The first kappa shape index (κ1) is 22.0. The molecule has 32 heavy (non-hydrogen) atoms. The minimum absolute atomic E-state index is 0.150. The molecule has 1 saturated heterocycles. The molecule has 0 radical (unpaired) electrons. The number of amides is 1. The average molecular weight is 452 g/mol. The number of amidine groups is 1. The summed E-state index contributed by atoms with van der Waals surface area (Å²) in [5.74, 6) is -0.576. The number of anilines is 1. The number of piperidine rings is 1. The maximum absolute atomic E-state index is 13.2. The van der Waals surface area contributed by atoms with Crippen molar-refractivity contribution in [2.24, 2.45) is 4.99 Å². The van der Waals surface area contributed by atoms with Gasteiger partial charge in [0.2, 0.25) is 5.91 Å². The van der Waals surface area contributed by atoms with Crippen LogP contribution in [-0.2, 0) is 9.63 Å². The Morgan fingerprint density at radius 2 is 1.91 bits per heavy atom. The van der Waals surface area contributed by atoms with Gasteiger partial charge >= 0.3 is 6.36 Å². The fraction of sp³-hybridized carbons (Fsp3) is 0.333. The SMILES string of the molecule is O=C(CN1CCC2(CC1)N=C(c1ccc(OC(F)(F)F)cc1)NO2)Nc1cccc(F)c1. The van der Waals surface area contributed by atoms with Crippen molar-refractivity contribution in [2.45, 2.75) is 24.9 Å². The van der Waals surface area contributed by atoms with E-state index >= 15 is 0 Å². The number of aliphatic imine (C=N–C) groups is 1. The summed E-state index contributed by atoms with van der Waals surface area (Å²) in [7, 11) is 0. The molecule has 0 saturated carbocycles. The molecule has 1 spiro atoms. The Hall–Kier alpha value is -3.18. The summed E-state index contributed by atoms with van der Waals surface area (Å²) < 4.78 is 54.0. The number of carbonyl (C=O) groups excluding carboxylic acids is 1. The van der Waals surface area contributed by atoms with Crippen molar-refractivity contribution in [3.05, 3.63) is 59.9 Å². The monoisotopic (exact) mass is 452 g/mol. The van der Waals surface area contributed by atoms with Gasteiger partial charge in [-0.1, -0.05) is 6.07 Å². The number of nitrogens with one attached hydrogen (secondary N) is 2. The first-order valence-electron chi connectivity index (χ1n) is 9.88. The fourth-order valence-electron chi connectivity index (χ4n) is 3.57. The van der Waals surface area contributed by atoms with Crippen LogP contribution in [0.5, 0.6) is 5.75 Å². The Bertz CT molecular complexity index is 1000. The van der Waals surface area contributed by atoms with E-state index in [4.69, 9.17) is 4.84 Å². The van der Waals surface area contributed by atoms with Crippen LogP contribution in [0.25, 0.3) is 0 Å². The van der Waals surface area contributed by atoms with Gasteiger partial charge in [0, 0.05) is 37.2 Å². The van der Waals surface area contributed by atoms with Gasteiger partial charge in [0.15, 0.2) is 11.6 Å². The van der Waals surface area contributed by atoms with Crippen LogP contribution in [-0.4, -0.2) is 48.4 Å². The maximum atomic E-state index is 13.2. The van der Waals surface area contributed by atoms with Gasteiger partial charge in [-0.15, -0.1) is 13.2 Å². The van der Waals surface area contributed by atoms with Crippen molar-refractivity contribution in [3.8, 4) is 5.75 Å². The molecule has 2 aromatic rings. The zero-order chi connectivity index (χ0) is 22.8. The summed E-state index contributed by atoms with van der Waals surface area (Å²) in [5, 5.41) is 2.67. The van der Waals surface area contributed by atoms with Gasteiger partial charge in [-0.05, 0) is 42.5 Å². The van der Waals surface area contributed by atoms with E-state index in [9.17, 15) is 22.4 Å². The predicted molar refractivity (Wildman–Crippen MR) is 107 cm³/mol. The fourth-order valence-corrected chi connectivity index (χ4v) is 3.57. The first-order chi connectivity index (χ1) is 15.2. The van der Waals surface area contributed by atoms with E-state index in [0.717, 1.165) is 0 Å². The van der Waals surface area contributed by atoms with Gasteiger partial charge in [0.25, 0.3) is 0 Å². The molecule has 0 unspecified atom stereocenters. The Balaban J connectivity index is 1.31. The lowest BCUT2D eigenvalue weighted by atomic mass is 10.0. The van der Waals surface area contributed by atoms with E-state index in [0.29, 0.717) is 43.0 Å². The number of alkyl halides is 3. The largest absolute Gasteiger partial charge is 0.573 e. The number of hydroxylamine groups is 1. The van der Waals surface area contributed by atoms with Crippen LogP contribution >= 0.6 is 0 Å². The number of halogens is 4. The Kier molecular flexibility index (Phi) is 6.02. The Morgan fingerprint density at radius 1 is 1.19 bits per heavy atom. The highest BCUT2D eigenvalue weighted by atomic mass is 19.4. The molecule has 2 aliphatic rings. The molecule has 0 atom stereocenters. The van der Waals surface area contributed by atoms with Crippen molar-refractivity contribution in [1.29, 1.82) is 0 Å². The van der Waals surface area contributed by atoms with E-state index in [2.05, 4.69) is 20.5 Å². The quantitative estimate of drug-likeness (QED) is 0.680. The normalized spacial score (nSPS) is 18.2. The first-order valence-corrected chi connectivity index (χ1v) is 9.88. The Labute approximate surface area is 181 Å². The summed E-state index contributed by atoms with van der Waals surface area (Å²) in [4.78, 5) is 24.5. The third kappa shape index (κ3) is 5.54. The smallest absolute Gasteiger partial charge is 0.406 e. The number of carbonyl (C=O) groups is 1. The highest BCUT2D eigenvalue weighted by Crippen LogP contribution is 2.31. The van der Waals surface area contributed by atoms with Gasteiger partial charge in [0.1, 0.15) is 11.6 Å². The maximum Gasteiger partial charge on any atom is 0.573 e. The lowest BCUT2D eigenvalue weighted by molar-refractivity contribution is -0.274. The summed E-state index contributed by atoms with van der Waals surface area (Å²) in [5.41, 5.74) is 2.91. The minimum atomic E-state index is -4.75. The molecule has 4 rings (SSSR count). The lowest BCUT2D eigenvalue weighted by Crippen LogP contribution is -2.46. The zero-order valence-electron chi connectivity index (χ0n) is 16.8. The zero-order valence-corrected chi connectivity index (χ0v) is 16.8. The highest BCUT2D eigenvalue weighted by Gasteiger charge is 2.40. The van der Waals surface area contributed by atoms with E-state index in [1.165, 1.54) is 42.5 Å². The molecule has 2 heterocycles. The van der Waals surface area contributed by atoms with Crippen molar-refractivity contribution in [1.82, 2.24) is 10.4 Å². The van der Waals surface area contributed by atoms with Crippen LogP contribution in [0.15, 0.2) is 53.5 Å². The van der Waals surface area contributed by atoms with Crippen molar-refractivity contribution >= 4 is 17.4 Å². The third-order valence-corrected chi connectivity index (χ3v) is 5.13. The van der Waals surface area contributed by atoms with Crippen LogP contribution in [0.4, 0.5) is 23.2 Å². The molecule has 2 aromatic carbocycles. The number of rotatable bonds is 5. The Morgan fingerprint density at radius 3 is 2.56 bits per heavy atom. The molecule has 0 aromatic heterocycles. The summed E-state index contributed by atoms with van der Waals surface area (Å²) in [6.45, 7) is 1.25. The molecule has 170 valence electrons. The molecule has 1 amide bonds. The molecular formula is C21H20F4N4O3. The number of ether oxygens (including phenoxy) is 1. The highest BCUT2D eigenvalue weighted by molar-refractivity contribution is 5.99. The standard InChI is InChI=1S/C21H20F4N4O3/c22-15-2-1-3-16(12-15)26-18(30)13-29-10-8-20(9-11-29)27-19(28-32-20)14-4-6-17(7-5-14)31-21(23,24)25/h1-7,12H,8-11,13H2,(H,26,30)(H,27,28). The second-order valence-corrected chi connectivity index (χ2v) is 7.52. The molecule has 2 aliphatic heterocycles. The van der Waals surface area contributed by atoms with Crippen molar-refractivity contribution in [3.63, 3.8) is 0 Å². The van der Waals surface area contributed by atoms with Crippen molar-refractivity contribution < 1.29 is 31.9 Å². The summed E-state index contributed by atoms with van der Waals surface area (Å²) >= 11 is 0. The second-order valence-electron chi connectivity index (χ2n) is 7.52. The number of benzene rings is 2. The molecule has 0 aliphatic carbocycles. The summed E-state index contributed by atoms with van der Waals surface area (Å²) in [6.07, 6.45) is -3.71. The van der Waals surface area contributed by atoms with E-state index in [-0.39, 0.29) is 18.2 Å². The molecule has 2 N–H and O–H groups in total. The number of likely N-dealkylation sites (tertiary alicyclic amines) is 1. The van der Waals surface area contributed by atoms with E-state index in [1.54, 1.807) is 6.07 Å². The lowest BCUT2D eigenvalue weighted by Gasteiger charge is -2.35. The number of hydrogen-bond donors (Lipinski definition) is 2.